The van der Waals surface area contributed by atoms with E-state index in [4.69, 9.17) is 17.3 Å². The van der Waals surface area contributed by atoms with Gasteiger partial charge in [-0.15, -0.1) is 0 Å². The maximum absolute atomic E-state index is 12.5. The Hall–Kier alpha value is -0.620. The fourth-order valence-electron chi connectivity index (χ4n) is 2.73. The first kappa shape index (κ1) is 15.8. The number of hydrogen-bond acceptors (Lipinski definition) is 3. The molecule has 3 N–H and O–H groups in total. The van der Waals surface area contributed by atoms with E-state index in [-0.39, 0.29) is 21.9 Å². The van der Waals surface area contributed by atoms with E-state index in [0.717, 1.165) is 31.2 Å². The van der Waals surface area contributed by atoms with E-state index in [1.54, 1.807) is 18.2 Å². The van der Waals surface area contributed by atoms with Gasteiger partial charge in [0.15, 0.2) is 0 Å². The first-order valence-corrected chi connectivity index (χ1v) is 8.78. The second-order valence-corrected chi connectivity index (χ2v) is 7.53. The molecule has 0 radical (unpaired) electrons. The number of nitrogens with one attached hydrogen (secondary N) is 1. The predicted octanol–water partition coefficient (Wildman–Crippen LogP) is 2.44. The van der Waals surface area contributed by atoms with Crippen molar-refractivity contribution in [2.45, 2.75) is 43.5 Å². The van der Waals surface area contributed by atoms with E-state index < -0.39 is 10.0 Å². The molecule has 2 unspecified atom stereocenters. The summed E-state index contributed by atoms with van der Waals surface area (Å²) in [5.41, 5.74) is 6.68. The van der Waals surface area contributed by atoms with Crippen LogP contribution in [-0.4, -0.2) is 21.0 Å². The lowest BCUT2D eigenvalue weighted by Crippen LogP contribution is -2.44. The van der Waals surface area contributed by atoms with Crippen LogP contribution in [0.4, 0.5) is 0 Å². The van der Waals surface area contributed by atoms with Gasteiger partial charge in [-0.1, -0.05) is 30.5 Å². The van der Waals surface area contributed by atoms with Crippen molar-refractivity contribution in [3.8, 4) is 0 Å². The van der Waals surface area contributed by atoms with E-state index in [1.807, 2.05) is 6.92 Å². The second-order valence-electron chi connectivity index (χ2n) is 5.44. The van der Waals surface area contributed by atoms with Gasteiger partial charge in [-0.3, -0.25) is 0 Å². The summed E-state index contributed by atoms with van der Waals surface area (Å²) in [7, 11) is -3.59. The largest absolute Gasteiger partial charge is 0.330 e. The van der Waals surface area contributed by atoms with E-state index in [1.165, 1.54) is 0 Å². The van der Waals surface area contributed by atoms with Crippen LogP contribution >= 0.6 is 11.6 Å². The standard InChI is InChI=1S/C14H21ClN2O2S/c1-10-6-7-14(12(15)8-10)20(18,19)17-13-5-3-2-4-11(13)9-16/h6-8,11,13,17H,2-5,9,16H2,1H3. The Kier molecular flexibility index (Phi) is 5.07. The van der Waals surface area contributed by atoms with Gasteiger partial charge in [0.05, 0.1) is 5.02 Å². The Balaban J connectivity index is 2.22. The van der Waals surface area contributed by atoms with Gasteiger partial charge in [-0.2, -0.15) is 0 Å². The van der Waals surface area contributed by atoms with Gasteiger partial charge in [0.1, 0.15) is 4.90 Å². The van der Waals surface area contributed by atoms with Gasteiger partial charge < -0.3 is 5.73 Å². The normalized spacial score (nSPS) is 23.8. The topological polar surface area (TPSA) is 72.2 Å². The molecule has 2 atom stereocenters. The highest BCUT2D eigenvalue weighted by Crippen LogP contribution is 2.27. The zero-order chi connectivity index (χ0) is 14.8. The van der Waals surface area contributed by atoms with E-state index in [2.05, 4.69) is 4.72 Å². The number of aryl methyl sites for hydroxylation is 1. The molecule has 112 valence electrons. The van der Waals surface area contributed by atoms with Crippen LogP contribution in [0.1, 0.15) is 31.2 Å². The number of rotatable bonds is 4. The molecule has 1 fully saturated rings. The van der Waals surface area contributed by atoms with Crippen LogP contribution in [0.25, 0.3) is 0 Å². The van der Waals surface area contributed by atoms with Gasteiger partial charge in [0.25, 0.3) is 0 Å². The number of halogens is 1. The molecule has 0 saturated heterocycles. The minimum atomic E-state index is -3.59. The predicted molar refractivity (Wildman–Crippen MR) is 81.3 cm³/mol. The molecule has 4 nitrogen and oxygen atoms in total. The number of hydrogen-bond donors (Lipinski definition) is 2. The zero-order valence-corrected chi connectivity index (χ0v) is 13.2. The van der Waals surface area contributed by atoms with Gasteiger partial charge in [0.2, 0.25) is 10.0 Å². The van der Waals surface area contributed by atoms with Gasteiger partial charge >= 0.3 is 0 Å². The lowest BCUT2D eigenvalue weighted by atomic mass is 9.85. The quantitative estimate of drug-likeness (QED) is 0.896. The van der Waals surface area contributed by atoms with Crippen LogP contribution < -0.4 is 10.5 Å². The monoisotopic (exact) mass is 316 g/mol. The average molecular weight is 317 g/mol. The van der Waals surface area contributed by atoms with Crippen LogP contribution in [-0.2, 0) is 10.0 Å². The molecule has 0 aromatic heterocycles. The van der Waals surface area contributed by atoms with Crippen molar-refractivity contribution in [1.29, 1.82) is 0 Å². The number of sulfonamides is 1. The Labute approximate surface area is 125 Å². The lowest BCUT2D eigenvalue weighted by Gasteiger charge is -2.31. The molecule has 0 heterocycles. The third-order valence-corrected chi connectivity index (χ3v) is 5.87. The molecule has 2 rings (SSSR count). The zero-order valence-electron chi connectivity index (χ0n) is 11.6. The maximum Gasteiger partial charge on any atom is 0.242 e. The van der Waals surface area contributed by atoms with Crippen molar-refractivity contribution in [1.82, 2.24) is 4.72 Å². The van der Waals surface area contributed by atoms with E-state index >= 15 is 0 Å². The average Bonchev–Trinajstić information content (AvgIpc) is 2.38. The molecular formula is C14H21ClN2O2S. The molecule has 1 saturated carbocycles. The Morgan fingerprint density at radius 1 is 1.35 bits per heavy atom. The third kappa shape index (κ3) is 3.52. The van der Waals surface area contributed by atoms with Crippen molar-refractivity contribution in [3.63, 3.8) is 0 Å². The first-order chi connectivity index (χ1) is 9.44. The maximum atomic E-state index is 12.5. The third-order valence-electron chi connectivity index (χ3n) is 3.90. The van der Waals surface area contributed by atoms with Gasteiger partial charge in [0, 0.05) is 6.04 Å². The van der Waals surface area contributed by atoms with E-state index in [9.17, 15) is 8.42 Å². The van der Waals surface area contributed by atoms with Crippen molar-refractivity contribution in [2.75, 3.05) is 6.54 Å². The van der Waals surface area contributed by atoms with Crippen LogP contribution in [0.2, 0.25) is 5.02 Å². The molecule has 1 aromatic carbocycles. The molecule has 1 aliphatic carbocycles. The van der Waals surface area contributed by atoms with Crippen molar-refractivity contribution in [2.24, 2.45) is 11.7 Å². The fraction of sp³-hybridized carbons (Fsp3) is 0.571. The summed E-state index contributed by atoms with van der Waals surface area (Å²) in [6.45, 7) is 2.39. The minimum Gasteiger partial charge on any atom is -0.330 e. The summed E-state index contributed by atoms with van der Waals surface area (Å²) in [5.74, 6) is 0.211. The molecule has 1 aliphatic rings. The van der Waals surface area contributed by atoms with Crippen molar-refractivity contribution >= 4 is 21.6 Å². The first-order valence-electron chi connectivity index (χ1n) is 6.92. The summed E-state index contributed by atoms with van der Waals surface area (Å²) in [5, 5.41) is 0.262. The molecule has 20 heavy (non-hydrogen) atoms. The highest BCUT2D eigenvalue weighted by Gasteiger charge is 2.29. The molecule has 0 aliphatic heterocycles. The summed E-state index contributed by atoms with van der Waals surface area (Å²) >= 11 is 6.06. The van der Waals surface area contributed by atoms with E-state index in [0.29, 0.717) is 6.54 Å². The van der Waals surface area contributed by atoms with Crippen LogP contribution in [0.15, 0.2) is 23.1 Å². The van der Waals surface area contributed by atoms with Crippen LogP contribution in [0, 0.1) is 12.8 Å². The Morgan fingerprint density at radius 2 is 2.05 bits per heavy atom. The Morgan fingerprint density at radius 3 is 2.70 bits per heavy atom. The second kappa shape index (κ2) is 6.43. The van der Waals surface area contributed by atoms with Crippen LogP contribution in [0.3, 0.4) is 0 Å². The summed E-state index contributed by atoms with van der Waals surface area (Å²) < 4.78 is 27.7. The summed E-state index contributed by atoms with van der Waals surface area (Å²) in [6, 6.07) is 4.88. The highest BCUT2D eigenvalue weighted by atomic mass is 35.5. The molecule has 0 amide bonds. The molecular weight excluding hydrogens is 296 g/mol. The van der Waals surface area contributed by atoms with Gasteiger partial charge in [-0.25, -0.2) is 13.1 Å². The number of nitrogens with two attached hydrogens (primary N) is 1. The summed E-state index contributed by atoms with van der Waals surface area (Å²) in [4.78, 5) is 0.145. The molecule has 6 heteroatoms. The lowest BCUT2D eigenvalue weighted by molar-refractivity contribution is 0.296. The molecule has 0 spiro atoms. The van der Waals surface area contributed by atoms with Crippen molar-refractivity contribution < 1.29 is 8.42 Å². The van der Waals surface area contributed by atoms with Crippen molar-refractivity contribution in [3.05, 3.63) is 28.8 Å². The SMILES string of the molecule is Cc1ccc(S(=O)(=O)NC2CCCCC2CN)c(Cl)c1. The fourth-order valence-corrected chi connectivity index (χ4v) is 4.67. The molecule has 1 aromatic rings. The Bertz CT molecular complexity index is 575. The number of benzene rings is 1. The molecule has 0 bridgehead atoms. The highest BCUT2D eigenvalue weighted by molar-refractivity contribution is 7.89. The smallest absolute Gasteiger partial charge is 0.242 e. The minimum absolute atomic E-state index is 0.0869. The van der Waals surface area contributed by atoms with Gasteiger partial charge in [-0.05, 0) is 49.9 Å². The summed E-state index contributed by atoms with van der Waals surface area (Å²) in [6.07, 6.45) is 3.96. The van der Waals surface area contributed by atoms with Crippen LogP contribution in [0.5, 0.6) is 0 Å².